The van der Waals surface area contributed by atoms with Crippen molar-refractivity contribution in [1.29, 1.82) is 0 Å². The van der Waals surface area contributed by atoms with Crippen LogP contribution in [-0.2, 0) is 14.3 Å². The first-order valence-electron chi connectivity index (χ1n) is 9.52. The molecule has 0 bridgehead atoms. The first-order valence-corrected chi connectivity index (χ1v) is 9.52. The molecule has 158 valence electrons. The highest BCUT2D eigenvalue weighted by atomic mass is 16.5. The van der Waals surface area contributed by atoms with Gasteiger partial charge in [-0.05, 0) is 61.7 Å². The Kier molecular flexibility index (Phi) is 8.23. The van der Waals surface area contributed by atoms with Crippen LogP contribution in [0.4, 0.5) is 5.69 Å². The first kappa shape index (κ1) is 22.7. The van der Waals surface area contributed by atoms with Crippen LogP contribution in [0.25, 0.3) is 6.08 Å². The zero-order valence-electron chi connectivity index (χ0n) is 17.7. The molecule has 0 aliphatic heterocycles. The smallest absolute Gasteiger partial charge is 0.331 e. The number of hydrogen-bond donors (Lipinski definition) is 1. The van der Waals surface area contributed by atoms with Crippen molar-refractivity contribution in [2.24, 2.45) is 0 Å². The second-order valence-electron chi connectivity index (χ2n) is 6.73. The Balaban J connectivity index is 1.97. The third-order valence-corrected chi connectivity index (χ3v) is 4.27. The molecule has 2 rings (SSSR count). The van der Waals surface area contributed by atoms with Gasteiger partial charge in [-0.15, -0.1) is 0 Å². The van der Waals surface area contributed by atoms with Crippen molar-refractivity contribution >= 4 is 23.6 Å². The van der Waals surface area contributed by atoms with Gasteiger partial charge in [0.05, 0.1) is 7.11 Å². The Morgan fingerprint density at radius 2 is 1.90 bits per heavy atom. The summed E-state index contributed by atoms with van der Waals surface area (Å²) in [6.45, 7) is 9.34. The fraction of sp³-hybridized carbons (Fsp3) is 0.250. The van der Waals surface area contributed by atoms with Gasteiger partial charge in [-0.25, -0.2) is 4.79 Å². The lowest BCUT2D eigenvalue weighted by molar-refractivity contribution is -0.148. The van der Waals surface area contributed by atoms with Gasteiger partial charge in [0.2, 0.25) is 0 Å². The Morgan fingerprint density at radius 3 is 2.60 bits per heavy atom. The summed E-state index contributed by atoms with van der Waals surface area (Å²) in [5.74, 6) is 0.0999. The topological polar surface area (TPSA) is 73.9 Å². The van der Waals surface area contributed by atoms with Gasteiger partial charge in [-0.1, -0.05) is 30.9 Å². The average Bonchev–Trinajstić information content (AvgIpc) is 2.73. The zero-order valence-corrected chi connectivity index (χ0v) is 17.7. The third kappa shape index (κ3) is 6.51. The summed E-state index contributed by atoms with van der Waals surface area (Å²) in [5.41, 5.74) is 3.38. The van der Waals surface area contributed by atoms with Gasteiger partial charge in [0.1, 0.15) is 6.61 Å². The highest BCUT2D eigenvalue weighted by Crippen LogP contribution is 2.28. The summed E-state index contributed by atoms with van der Waals surface area (Å²) >= 11 is 0. The minimum atomic E-state index is -0.939. The number of benzene rings is 2. The van der Waals surface area contributed by atoms with Gasteiger partial charge in [-0.3, -0.25) is 4.79 Å². The van der Waals surface area contributed by atoms with Gasteiger partial charge < -0.3 is 19.5 Å². The Labute approximate surface area is 177 Å². The molecule has 6 heteroatoms. The number of ether oxygens (including phenoxy) is 3. The first-order chi connectivity index (χ1) is 14.3. The van der Waals surface area contributed by atoms with E-state index in [2.05, 4.69) is 11.9 Å². The standard InChI is InChI=1S/C24H27NO5/c1-6-13-29-21-11-9-19(15-22(21)28-5)10-12-23(26)30-18(4)24(27)25-20-14-16(2)7-8-17(20)3/h6-12,14-15,18H,1,13H2,2-5H3,(H,25,27)/b12-10+/t18-/m1/s1. The highest BCUT2D eigenvalue weighted by molar-refractivity contribution is 5.97. The van der Waals surface area contributed by atoms with Gasteiger partial charge in [-0.2, -0.15) is 0 Å². The molecule has 1 N–H and O–H groups in total. The number of methoxy groups -OCH3 is 1. The molecule has 0 saturated carbocycles. The second kappa shape index (κ2) is 10.9. The predicted octanol–water partition coefficient (Wildman–Crippen LogP) is 4.46. The molecular weight excluding hydrogens is 382 g/mol. The molecule has 2 aromatic carbocycles. The van der Waals surface area contributed by atoms with Crippen LogP contribution in [0.15, 0.2) is 55.1 Å². The van der Waals surface area contributed by atoms with Crippen LogP contribution >= 0.6 is 0 Å². The van der Waals surface area contributed by atoms with Crippen LogP contribution in [0.1, 0.15) is 23.6 Å². The van der Waals surface area contributed by atoms with Gasteiger partial charge >= 0.3 is 5.97 Å². The second-order valence-corrected chi connectivity index (χ2v) is 6.73. The molecule has 0 aliphatic carbocycles. The van der Waals surface area contributed by atoms with Crippen LogP contribution in [-0.4, -0.2) is 31.7 Å². The fourth-order valence-corrected chi connectivity index (χ4v) is 2.59. The van der Waals surface area contributed by atoms with Crippen LogP contribution in [0, 0.1) is 13.8 Å². The number of rotatable bonds is 9. The minimum Gasteiger partial charge on any atom is -0.493 e. The van der Waals surface area contributed by atoms with Crippen molar-refractivity contribution in [3.63, 3.8) is 0 Å². The number of esters is 1. The van der Waals surface area contributed by atoms with Gasteiger partial charge in [0.25, 0.3) is 5.91 Å². The molecule has 0 aromatic heterocycles. The van der Waals surface area contributed by atoms with E-state index >= 15 is 0 Å². The van der Waals surface area contributed by atoms with Crippen molar-refractivity contribution in [3.05, 3.63) is 71.8 Å². The Bertz CT molecular complexity index is 949. The van der Waals surface area contributed by atoms with E-state index in [4.69, 9.17) is 14.2 Å². The highest BCUT2D eigenvalue weighted by Gasteiger charge is 2.17. The summed E-state index contributed by atoms with van der Waals surface area (Å²) in [6, 6.07) is 11.0. The van der Waals surface area contributed by atoms with E-state index in [0.717, 1.165) is 16.7 Å². The Hall–Kier alpha value is -3.54. The SMILES string of the molecule is C=CCOc1ccc(/C=C/C(=O)O[C@H](C)C(=O)Nc2cc(C)ccc2C)cc1OC. The maximum Gasteiger partial charge on any atom is 0.331 e. The van der Waals surface area contributed by atoms with E-state index in [1.165, 1.54) is 20.1 Å². The third-order valence-electron chi connectivity index (χ3n) is 4.27. The lowest BCUT2D eigenvalue weighted by Crippen LogP contribution is -2.29. The molecule has 0 unspecified atom stereocenters. The van der Waals surface area contributed by atoms with E-state index in [9.17, 15) is 9.59 Å². The zero-order chi connectivity index (χ0) is 22.1. The molecule has 1 amide bonds. The van der Waals surface area contributed by atoms with Gasteiger partial charge in [0.15, 0.2) is 17.6 Å². The molecule has 0 spiro atoms. The van der Waals surface area contributed by atoms with Crippen LogP contribution in [0.5, 0.6) is 11.5 Å². The molecule has 0 aliphatic rings. The number of hydrogen-bond acceptors (Lipinski definition) is 5. The number of amides is 1. The molecule has 0 fully saturated rings. The summed E-state index contributed by atoms with van der Waals surface area (Å²) < 4.78 is 16.0. The van der Waals surface area contributed by atoms with E-state index in [0.29, 0.717) is 23.8 Å². The molecule has 2 aromatic rings. The van der Waals surface area contributed by atoms with Crippen LogP contribution in [0.2, 0.25) is 0 Å². The van der Waals surface area contributed by atoms with Crippen molar-refractivity contribution < 1.29 is 23.8 Å². The van der Waals surface area contributed by atoms with Crippen molar-refractivity contribution in [1.82, 2.24) is 0 Å². The summed E-state index contributed by atoms with van der Waals surface area (Å²) in [4.78, 5) is 24.5. The van der Waals surface area contributed by atoms with Crippen molar-refractivity contribution in [2.45, 2.75) is 26.9 Å². The maximum absolute atomic E-state index is 12.3. The molecule has 0 radical (unpaired) electrons. The van der Waals surface area contributed by atoms with Crippen molar-refractivity contribution in [3.8, 4) is 11.5 Å². The quantitative estimate of drug-likeness (QED) is 0.376. The lowest BCUT2D eigenvalue weighted by atomic mass is 10.1. The van der Waals surface area contributed by atoms with Crippen LogP contribution in [0.3, 0.4) is 0 Å². The largest absolute Gasteiger partial charge is 0.493 e. The normalized spacial score (nSPS) is 11.6. The lowest BCUT2D eigenvalue weighted by Gasteiger charge is -2.14. The number of aryl methyl sites for hydroxylation is 2. The fourth-order valence-electron chi connectivity index (χ4n) is 2.59. The summed E-state index contributed by atoms with van der Waals surface area (Å²) in [5, 5.41) is 2.79. The molecule has 0 heterocycles. The summed E-state index contributed by atoms with van der Waals surface area (Å²) in [6.07, 6.45) is 3.55. The number of carbonyl (C=O) groups is 2. The number of anilines is 1. The molecule has 30 heavy (non-hydrogen) atoms. The van der Waals surface area contributed by atoms with E-state index < -0.39 is 18.0 Å². The molecule has 0 saturated heterocycles. The Morgan fingerprint density at radius 1 is 1.13 bits per heavy atom. The van der Waals surface area contributed by atoms with E-state index in [1.807, 2.05) is 32.0 Å². The molecule has 1 atom stereocenters. The van der Waals surface area contributed by atoms with Gasteiger partial charge in [0, 0.05) is 11.8 Å². The van der Waals surface area contributed by atoms with E-state index in [1.54, 1.807) is 30.4 Å². The van der Waals surface area contributed by atoms with Crippen LogP contribution < -0.4 is 14.8 Å². The minimum absolute atomic E-state index is 0.361. The average molecular weight is 409 g/mol. The molecular formula is C24H27NO5. The summed E-state index contributed by atoms with van der Waals surface area (Å²) in [7, 11) is 1.54. The maximum atomic E-state index is 12.3. The van der Waals surface area contributed by atoms with Crippen molar-refractivity contribution in [2.75, 3.05) is 19.0 Å². The van der Waals surface area contributed by atoms with E-state index in [-0.39, 0.29) is 0 Å². The number of carbonyl (C=O) groups excluding carboxylic acids is 2. The molecule has 6 nitrogen and oxygen atoms in total. The monoisotopic (exact) mass is 409 g/mol. The predicted molar refractivity (Wildman–Crippen MR) is 118 cm³/mol. The number of nitrogens with one attached hydrogen (secondary N) is 1.